The summed E-state index contributed by atoms with van der Waals surface area (Å²) in [5.41, 5.74) is 6.56. The Kier molecular flexibility index (Phi) is 3.25. The lowest BCUT2D eigenvalue weighted by atomic mass is 10.1. The zero-order chi connectivity index (χ0) is 11.5. The number of halogens is 1. The highest BCUT2D eigenvalue weighted by Gasteiger charge is 2.10. The molecule has 2 rings (SSSR count). The Balaban J connectivity index is 2.46. The molecule has 2 N–H and O–H groups in total. The van der Waals surface area contributed by atoms with Crippen molar-refractivity contribution in [2.45, 2.75) is 25.8 Å². The minimum Gasteiger partial charge on any atom is -0.344 e. The topological polar surface area (TPSA) is 30.9 Å². The van der Waals surface area contributed by atoms with E-state index in [0.29, 0.717) is 12.6 Å². The van der Waals surface area contributed by atoms with Gasteiger partial charge in [0.15, 0.2) is 0 Å². The van der Waals surface area contributed by atoms with E-state index in [2.05, 4.69) is 11.5 Å². The number of nitrogens with two attached hydrogens (primary N) is 1. The Morgan fingerprint density at radius 2 is 2.19 bits per heavy atom. The predicted octanol–water partition coefficient (Wildman–Crippen LogP) is 3.08. The SMILES string of the molecule is CCC(CCN)n1ccc2ccc(F)cc21. The molecule has 1 atom stereocenters. The summed E-state index contributed by atoms with van der Waals surface area (Å²) in [6.45, 7) is 2.79. The second kappa shape index (κ2) is 4.66. The van der Waals surface area contributed by atoms with E-state index in [1.165, 1.54) is 6.07 Å². The Bertz CT molecular complexity index is 476. The minimum absolute atomic E-state index is 0.185. The van der Waals surface area contributed by atoms with E-state index in [1.54, 1.807) is 6.07 Å². The molecule has 0 fully saturated rings. The van der Waals surface area contributed by atoms with Crippen LogP contribution in [-0.2, 0) is 0 Å². The Hall–Kier alpha value is -1.35. The molecule has 3 heteroatoms. The standard InChI is InChI=1S/C13H17FN2/c1-2-12(5-7-15)16-8-6-10-3-4-11(14)9-13(10)16/h3-4,6,8-9,12H,2,5,7,15H2,1H3. The molecule has 0 aliphatic heterocycles. The highest BCUT2D eigenvalue weighted by atomic mass is 19.1. The van der Waals surface area contributed by atoms with Crippen LogP contribution in [0.3, 0.4) is 0 Å². The van der Waals surface area contributed by atoms with Gasteiger partial charge in [-0.1, -0.05) is 6.92 Å². The minimum atomic E-state index is -0.185. The van der Waals surface area contributed by atoms with Crippen LogP contribution in [0.25, 0.3) is 10.9 Å². The van der Waals surface area contributed by atoms with Crippen molar-refractivity contribution >= 4 is 10.9 Å². The van der Waals surface area contributed by atoms with Crippen molar-refractivity contribution in [2.75, 3.05) is 6.54 Å². The van der Waals surface area contributed by atoms with Crippen molar-refractivity contribution < 1.29 is 4.39 Å². The van der Waals surface area contributed by atoms with Gasteiger partial charge in [-0.25, -0.2) is 4.39 Å². The fraction of sp³-hybridized carbons (Fsp3) is 0.385. The zero-order valence-corrected chi connectivity index (χ0v) is 9.49. The summed E-state index contributed by atoms with van der Waals surface area (Å²) in [5.74, 6) is -0.185. The number of fused-ring (bicyclic) bond motifs is 1. The molecular formula is C13H17FN2. The highest BCUT2D eigenvalue weighted by Crippen LogP contribution is 2.24. The van der Waals surface area contributed by atoms with Crippen LogP contribution in [0.2, 0.25) is 0 Å². The molecule has 0 saturated carbocycles. The third kappa shape index (κ3) is 1.95. The molecule has 0 bridgehead atoms. The molecule has 0 aliphatic carbocycles. The first kappa shape index (κ1) is 11.1. The molecule has 2 aromatic rings. The van der Waals surface area contributed by atoms with Gasteiger partial charge < -0.3 is 10.3 Å². The van der Waals surface area contributed by atoms with Gasteiger partial charge in [-0.15, -0.1) is 0 Å². The van der Waals surface area contributed by atoms with Crippen molar-refractivity contribution in [3.05, 3.63) is 36.3 Å². The second-order valence-electron chi connectivity index (χ2n) is 4.07. The third-order valence-electron chi connectivity index (χ3n) is 3.05. The Morgan fingerprint density at radius 3 is 2.88 bits per heavy atom. The smallest absolute Gasteiger partial charge is 0.125 e. The number of hydrogen-bond donors (Lipinski definition) is 1. The van der Waals surface area contributed by atoms with Crippen LogP contribution in [-0.4, -0.2) is 11.1 Å². The predicted molar refractivity (Wildman–Crippen MR) is 64.9 cm³/mol. The largest absolute Gasteiger partial charge is 0.344 e. The second-order valence-corrected chi connectivity index (χ2v) is 4.07. The van der Waals surface area contributed by atoms with E-state index in [1.807, 2.05) is 18.3 Å². The van der Waals surface area contributed by atoms with Gasteiger partial charge >= 0.3 is 0 Å². The number of aromatic nitrogens is 1. The molecule has 16 heavy (non-hydrogen) atoms. The molecule has 1 aromatic carbocycles. The van der Waals surface area contributed by atoms with E-state index in [0.717, 1.165) is 23.7 Å². The van der Waals surface area contributed by atoms with Gasteiger partial charge in [-0.3, -0.25) is 0 Å². The van der Waals surface area contributed by atoms with Gasteiger partial charge in [-0.2, -0.15) is 0 Å². The first-order chi connectivity index (χ1) is 7.76. The molecule has 86 valence electrons. The first-order valence-corrected chi connectivity index (χ1v) is 5.72. The molecule has 0 spiro atoms. The zero-order valence-electron chi connectivity index (χ0n) is 9.49. The van der Waals surface area contributed by atoms with Crippen LogP contribution >= 0.6 is 0 Å². The number of nitrogens with zero attached hydrogens (tertiary/aromatic N) is 1. The average Bonchev–Trinajstić information content (AvgIpc) is 2.69. The summed E-state index contributed by atoms with van der Waals surface area (Å²) in [4.78, 5) is 0. The van der Waals surface area contributed by atoms with E-state index >= 15 is 0 Å². The summed E-state index contributed by atoms with van der Waals surface area (Å²) < 4.78 is 15.3. The van der Waals surface area contributed by atoms with Gasteiger partial charge in [0.05, 0.1) is 5.52 Å². The number of rotatable bonds is 4. The number of benzene rings is 1. The first-order valence-electron chi connectivity index (χ1n) is 5.72. The third-order valence-corrected chi connectivity index (χ3v) is 3.05. The summed E-state index contributed by atoms with van der Waals surface area (Å²) >= 11 is 0. The maximum atomic E-state index is 13.2. The summed E-state index contributed by atoms with van der Waals surface area (Å²) in [5, 5.41) is 1.08. The summed E-state index contributed by atoms with van der Waals surface area (Å²) in [7, 11) is 0. The van der Waals surface area contributed by atoms with Gasteiger partial charge in [0, 0.05) is 12.2 Å². The Labute approximate surface area is 94.9 Å². The molecule has 1 unspecified atom stereocenters. The molecule has 0 saturated heterocycles. The highest BCUT2D eigenvalue weighted by molar-refractivity contribution is 5.80. The van der Waals surface area contributed by atoms with Crippen molar-refractivity contribution in [3.63, 3.8) is 0 Å². The Morgan fingerprint density at radius 1 is 1.38 bits per heavy atom. The maximum absolute atomic E-state index is 13.2. The van der Waals surface area contributed by atoms with Crippen LogP contribution in [0, 0.1) is 5.82 Å². The fourth-order valence-corrected chi connectivity index (χ4v) is 2.17. The molecule has 1 aromatic heterocycles. The summed E-state index contributed by atoms with van der Waals surface area (Å²) in [6.07, 6.45) is 3.96. The van der Waals surface area contributed by atoms with Crippen molar-refractivity contribution in [2.24, 2.45) is 5.73 Å². The van der Waals surface area contributed by atoms with E-state index in [-0.39, 0.29) is 5.82 Å². The van der Waals surface area contributed by atoms with Crippen molar-refractivity contribution in [3.8, 4) is 0 Å². The van der Waals surface area contributed by atoms with Crippen LogP contribution < -0.4 is 5.73 Å². The van der Waals surface area contributed by atoms with Crippen molar-refractivity contribution in [1.82, 2.24) is 4.57 Å². The normalized spacial score (nSPS) is 13.2. The lowest BCUT2D eigenvalue weighted by Gasteiger charge is -2.17. The quantitative estimate of drug-likeness (QED) is 0.843. The average molecular weight is 220 g/mol. The van der Waals surface area contributed by atoms with Gasteiger partial charge in [-0.05, 0) is 49.0 Å². The van der Waals surface area contributed by atoms with Gasteiger partial charge in [0.2, 0.25) is 0 Å². The van der Waals surface area contributed by atoms with Gasteiger partial charge in [0.1, 0.15) is 5.82 Å². The maximum Gasteiger partial charge on any atom is 0.125 e. The van der Waals surface area contributed by atoms with Crippen LogP contribution in [0.15, 0.2) is 30.5 Å². The molecule has 0 aliphatic rings. The lowest BCUT2D eigenvalue weighted by molar-refractivity contribution is 0.471. The van der Waals surface area contributed by atoms with Gasteiger partial charge in [0.25, 0.3) is 0 Å². The van der Waals surface area contributed by atoms with E-state index < -0.39 is 0 Å². The monoisotopic (exact) mass is 220 g/mol. The van der Waals surface area contributed by atoms with E-state index in [9.17, 15) is 4.39 Å². The van der Waals surface area contributed by atoms with Crippen LogP contribution in [0.5, 0.6) is 0 Å². The van der Waals surface area contributed by atoms with Crippen LogP contribution in [0.4, 0.5) is 4.39 Å². The molecular weight excluding hydrogens is 203 g/mol. The number of hydrogen-bond acceptors (Lipinski definition) is 1. The molecule has 1 heterocycles. The molecule has 2 nitrogen and oxygen atoms in total. The van der Waals surface area contributed by atoms with Crippen LogP contribution in [0.1, 0.15) is 25.8 Å². The molecule has 0 amide bonds. The van der Waals surface area contributed by atoms with Crippen molar-refractivity contribution in [1.29, 1.82) is 0 Å². The van der Waals surface area contributed by atoms with E-state index in [4.69, 9.17) is 5.73 Å². The lowest BCUT2D eigenvalue weighted by Crippen LogP contribution is -2.12. The molecule has 0 radical (unpaired) electrons. The fourth-order valence-electron chi connectivity index (χ4n) is 2.17. The summed E-state index contributed by atoms with van der Waals surface area (Å²) in [6, 6.07) is 7.29.